The summed E-state index contributed by atoms with van der Waals surface area (Å²) in [5.41, 5.74) is 0.792. The Morgan fingerprint density at radius 3 is 2.35 bits per heavy atom. The van der Waals surface area contributed by atoms with Gasteiger partial charge < -0.3 is 9.64 Å². The van der Waals surface area contributed by atoms with Gasteiger partial charge in [-0.15, -0.1) is 0 Å². The molecular formula is C14H22NO2+. The first-order chi connectivity index (χ1) is 7.91. The molecule has 3 nitrogen and oxygen atoms in total. The Kier molecular flexibility index (Phi) is 4.70. The van der Waals surface area contributed by atoms with Crippen molar-refractivity contribution in [1.82, 2.24) is 0 Å². The highest BCUT2D eigenvalue weighted by Crippen LogP contribution is 2.00. The van der Waals surface area contributed by atoms with Crippen molar-refractivity contribution in [3.63, 3.8) is 0 Å². The van der Waals surface area contributed by atoms with Gasteiger partial charge >= 0.3 is 5.97 Å². The molecule has 0 aliphatic carbocycles. The van der Waals surface area contributed by atoms with Gasteiger partial charge in [0.25, 0.3) is 0 Å². The third-order valence-electron chi connectivity index (χ3n) is 3.00. The van der Waals surface area contributed by atoms with Crippen molar-refractivity contribution in [3.05, 3.63) is 35.9 Å². The van der Waals surface area contributed by atoms with E-state index in [4.69, 9.17) is 4.74 Å². The van der Waals surface area contributed by atoms with Gasteiger partial charge in [-0.3, -0.25) is 0 Å². The van der Waals surface area contributed by atoms with Crippen molar-refractivity contribution in [2.75, 3.05) is 20.2 Å². The predicted molar refractivity (Wildman–Crippen MR) is 68.2 cm³/mol. The minimum absolute atomic E-state index is 0.180. The molecule has 0 saturated heterocycles. The third-order valence-corrected chi connectivity index (χ3v) is 3.00. The molecule has 0 aromatic heterocycles. The van der Waals surface area contributed by atoms with Gasteiger partial charge in [0.1, 0.15) is 13.2 Å². The van der Waals surface area contributed by atoms with E-state index in [0.29, 0.717) is 12.2 Å². The molecule has 0 bridgehead atoms. The molecule has 94 valence electrons. The fourth-order valence-corrected chi connectivity index (χ4v) is 1.33. The van der Waals surface area contributed by atoms with Crippen molar-refractivity contribution in [3.8, 4) is 0 Å². The van der Waals surface area contributed by atoms with Crippen LogP contribution in [0.3, 0.4) is 0 Å². The van der Waals surface area contributed by atoms with Crippen LogP contribution in [0.5, 0.6) is 0 Å². The largest absolute Gasteiger partial charge is 0.456 e. The highest BCUT2D eigenvalue weighted by molar-refractivity contribution is 5.89. The number of ether oxygens (including phenoxy) is 1. The summed E-state index contributed by atoms with van der Waals surface area (Å²) in [5.74, 6) is -0.243. The Morgan fingerprint density at radius 1 is 1.24 bits per heavy atom. The standard InChI is InChI=1S/C14H21NO2/c1-14(2,3)15(4)10-11-17-13(16)12-8-6-5-7-9-12/h5-9H,10-11H2,1-4H3/p+1. The van der Waals surface area contributed by atoms with Crippen LogP contribution in [0.4, 0.5) is 0 Å². The number of nitrogens with one attached hydrogen (secondary N) is 1. The Bertz CT molecular complexity index is 354. The number of rotatable bonds is 4. The molecule has 3 heteroatoms. The zero-order valence-electron chi connectivity index (χ0n) is 11.1. The Labute approximate surface area is 103 Å². The fraction of sp³-hybridized carbons (Fsp3) is 0.500. The Morgan fingerprint density at radius 2 is 1.82 bits per heavy atom. The molecule has 0 spiro atoms. The van der Waals surface area contributed by atoms with Gasteiger partial charge in [0, 0.05) is 0 Å². The molecule has 1 aromatic carbocycles. The smallest absolute Gasteiger partial charge is 0.338 e. The molecule has 0 aliphatic heterocycles. The van der Waals surface area contributed by atoms with Crippen LogP contribution in [0.25, 0.3) is 0 Å². The van der Waals surface area contributed by atoms with Crippen LogP contribution < -0.4 is 4.90 Å². The molecule has 0 fully saturated rings. The van der Waals surface area contributed by atoms with Gasteiger partial charge in [0.15, 0.2) is 0 Å². The summed E-state index contributed by atoms with van der Waals surface area (Å²) in [6.45, 7) is 7.78. The van der Waals surface area contributed by atoms with E-state index in [9.17, 15) is 4.79 Å². The van der Waals surface area contributed by atoms with E-state index in [1.54, 1.807) is 12.1 Å². The quantitative estimate of drug-likeness (QED) is 0.795. The summed E-state index contributed by atoms with van der Waals surface area (Å²) in [7, 11) is 2.11. The first-order valence-electron chi connectivity index (χ1n) is 5.96. The van der Waals surface area contributed by atoms with Gasteiger partial charge in [0.2, 0.25) is 0 Å². The van der Waals surface area contributed by atoms with Crippen LogP contribution in [-0.2, 0) is 4.74 Å². The number of hydrogen-bond acceptors (Lipinski definition) is 2. The first-order valence-corrected chi connectivity index (χ1v) is 5.96. The molecule has 17 heavy (non-hydrogen) atoms. The maximum atomic E-state index is 11.6. The average Bonchev–Trinajstić information content (AvgIpc) is 2.28. The molecule has 0 aliphatic rings. The van der Waals surface area contributed by atoms with Gasteiger partial charge in [-0.25, -0.2) is 4.79 Å². The second-order valence-corrected chi connectivity index (χ2v) is 5.28. The van der Waals surface area contributed by atoms with Crippen molar-refractivity contribution < 1.29 is 14.4 Å². The van der Waals surface area contributed by atoms with Crippen molar-refractivity contribution in [2.45, 2.75) is 26.3 Å². The van der Waals surface area contributed by atoms with Crippen LogP contribution in [0.1, 0.15) is 31.1 Å². The second kappa shape index (κ2) is 5.82. The summed E-state index contributed by atoms with van der Waals surface area (Å²) >= 11 is 0. The summed E-state index contributed by atoms with van der Waals surface area (Å²) < 4.78 is 5.23. The van der Waals surface area contributed by atoms with E-state index < -0.39 is 0 Å². The number of likely N-dealkylation sites (N-methyl/N-ethyl adjacent to an activating group) is 1. The third kappa shape index (κ3) is 4.57. The molecule has 0 amide bonds. The lowest BCUT2D eigenvalue weighted by Gasteiger charge is -2.28. The van der Waals surface area contributed by atoms with Crippen LogP contribution in [0.15, 0.2) is 30.3 Å². The number of quaternary nitrogens is 1. The number of hydrogen-bond donors (Lipinski definition) is 1. The van der Waals surface area contributed by atoms with Crippen LogP contribution >= 0.6 is 0 Å². The van der Waals surface area contributed by atoms with Crippen LogP contribution in [0, 0.1) is 0 Å². The molecule has 1 aromatic rings. The average molecular weight is 236 g/mol. The first kappa shape index (κ1) is 13.7. The van der Waals surface area contributed by atoms with Crippen LogP contribution in [-0.4, -0.2) is 31.7 Å². The van der Waals surface area contributed by atoms with Gasteiger partial charge in [0.05, 0.1) is 18.2 Å². The lowest BCUT2D eigenvalue weighted by molar-refractivity contribution is -0.927. The maximum absolute atomic E-state index is 11.6. The lowest BCUT2D eigenvalue weighted by atomic mass is 10.1. The lowest BCUT2D eigenvalue weighted by Crippen LogP contribution is -3.16. The molecule has 0 saturated carbocycles. The molecule has 1 rings (SSSR count). The summed E-state index contributed by atoms with van der Waals surface area (Å²) in [4.78, 5) is 13.0. The zero-order chi connectivity index (χ0) is 12.9. The van der Waals surface area contributed by atoms with Gasteiger partial charge in [-0.1, -0.05) is 18.2 Å². The molecule has 0 heterocycles. The minimum atomic E-state index is -0.243. The van der Waals surface area contributed by atoms with Gasteiger partial charge in [-0.2, -0.15) is 0 Å². The highest BCUT2D eigenvalue weighted by Gasteiger charge is 2.20. The molecule has 1 unspecified atom stereocenters. The van der Waals surface area contributed by atoms with Crippen molar-refractivity contribution in [2.24, 2.45) is 0 Å². The number of carbonyl (C=O) groups excluding carboxylic acids is 1. The molecule has 1 N–H and O–H groups in total. The Balaban J connectivity index is 2.35. The monoisotopic (exact) mass is 236 g/mol. The van der Waals surface area contributed by atoms with Crippen LogP contribution in [0.2, 0.25) is 0 Å². The molecular weight excluding hydrogens is 214 g/mol. The number of carbonyl (C=O) groups is 1. The summed E-state index contributed by atoms with van der Waals surface area (Å²) in [5, 5.41) is 0. The van der Waals surface area contributed by atoms with E-state index >= 15 is 0 Å². The van der Waals surface area contributed by atoms with E-state index in [1.807, 2.05) is 18.2 Å². The van der Waals surface area contributed by atoms with Crippen molar-refractivity contribution >= 4 is 5.97 Å². The second-order valence-electron chi connectivity index (χ2n) is 5.28. The topological polar surface area (TPSA) is 30.7 Å². The van der Waals surface area contributed by atoms with Crippen molar-refractivity contribution in [1.29, 1.82) is 0 Å². The van der Waals surface area contributed by atoms with Gasteiger partial charge in [-0.05, 0) is 32.9 Å². The summed E-state index contributed by atoms with van der Waals surface area (Å²) in [6.07, 6.45) is 0. The van der Waals surface area contributed by atoms with E-state index in [-0.39, 0.29) is 11.5 Å². The SMILES string of the molecule is C[NH+](CCOC(=O)c1ccccc1)C(C)(C)C. The Hall–Kier alpha value is -1.35. The normalized spacial score (nSPS) is 13.2. The van der Waals surface area contributed by atoms with E-state index in [2.05, 4.69) is 27.8 Å². The van der Waals surface area contributed by atoms with E-state index in [0.717, 1.165) is 6.54 Å². The fourth-order valence-electron chi connectivity index (χ4n) is 1.33. The van der Waals surface area contributed by atoms with E-state index in [1.165, 1.54) is 4.90 Å². The minimum Gasteiger partial charge on any atom is -0.456 e. The zero-order valence-corrected chi connectivity index (χ0v) is 11.1. The summed E-state index contributed by atoms with van der Waals surface area (Å²) in [6, 6.07) is 9.09. The predicted octanol–water partition coefficient (Wildman–Crippen LogP) is 1.16. The number of benzene rings is 1. The highest BCUT2D eigenvalue weighted by atomic mass is 16.5. The maximum Gasteiger partial charge on any atom is 0.338 e. The molecule has 1 atom stereocenters. The molecule has 0 radical (unpaired) electrons. The number of esters is 1.